The maximum absolute atomic E-state index is 12.5. The zero-order valence-electron chi connectivity index (χ0n) is 10.2. The lowest BCUT2D eigenvalue weighted by atomic mass is 9.85. The van der Waals surface area contributed by atoms with Gasteiger partial charge >= 0.3 is 12.1 Å². The Kier molecular flexibility index (Phi) is 3.73. The summed E-state index contributed by atoms with van der Waals surface area (Å²) >= 11 is 0. The van der Waals surface area contributed by atoms with E-state index in [9.17, 15) is 22.8 Å². The number of aliphatic carboxylic acids is 1. The van der Waals surface area contributed by atoms with Gasteiger partial charge in [-0.05, 0) is 32.1 Å². The predicted molar refractivity (Wildman–Crippen MR) is 59.2 cm³/mol. The SMILES string of the molecule is O=C(O)[C@H]1C[C@H]1C(=O)NC1CCC(C(F)(F)F)CC1. The van der Waals surface area contributed by atoms with Gasteiger partial charge in [0, 0.05) is 6.04 Å². The Hall–Kier alpha value is -1.27. The molecule has 0 radical (unpaired) electrons. The summed E-state index contributed by atoms with van der Waals surface area (Å²) < 4.78 is 37.4. The minimum atomic E-state index is -4.15. The van der Waals surface area contributed by atoms with Gasteiger partial charge in [0.1, 0.15) is 0 Å². The number of alkyl halides is 3. The van der Waals surface area contributed by atoms with Crippen LogP contribution in [0.4, 0.5) is 13.2 Å². The Morgan fingerprint density at radius 2 is 1.63 bits per heavy atom. The Bertz CT molecular complexity index is 375. The molecule has 108 valence electrons. The number of carboxylic acids is 1. The first-order valence-corrected chi connectivity index (χ1v) is 6.39. The molecule has 2 rings (SSSR count). The van der Waals surface area contributed by atoms with Crippen molar-refractivity contribution in [2.24, 2.45) is 17.8 Å². The first-order valence-electron chi connectivity index (χ1n) is 6.39. The summed E-state index contributed by atoms with van der Waals surface area (Å²) in [7, 11) is 0. The minimum Gasteiger partial charge on any atom is -0.481 e. The normalized spacial score (nSPS) is 34.7. The number of nitrogens with one attached hydrogen (secondary N) is 1. The molecule has 2 aliphatic carbocycles. The van der Waals surface area contributed by atoms with Crippen molar-refractivity contribution in [2.45, 2.75) is 44.3 Å². The lowest BCUT2D eigenvalue weighted by Gasteiger charge is -2.30. The molecule has 2 atom stereocenters. The largest absolute Gasteiger partial charge is 0.481 e. The van der Waals surface area contributed by atoms with E-state index in [-0.39, 0.29) is 24.8 Å². The summed E-state index contributed by atoms with van der Waals surface area (Å²) in [6.45, 7) is 0. The third-order valence-electron chi connectivity index (χ3n) is 3.98. The van der Waals surface area contributed by atoms with Gasteiger partial charge in [-0.2, -0.15) is 13.2 Å². The van der Waals surface area contributed by atoms with Crippen LogP contribution in [-0.2, 0) is 9.59 Å². The highest BCUT2D eigenvalue weighted by molar-refractivity contribution is 5.89. The fraction of sp³-hybridized carbons (Fsp3) is 0.833. The lowest BCUT2D eigenvalue weighted by Crippen LogP contribution is -2.41. The summed E-state index contributed by atoms with van der Waals surface area (Å²) in [5, 5.41) is 11.4. The predicted octanol–water partition coefficient (Wildman–Crippen LogP) is 1.94. The fourth-order valence-corrected chi connectivity index (χ4v) is 2.63. The highest BCUT2D eigenvalue weighted by atomic mass is 19.4. The van der Waals surface area contributed by atoms with Crippen LogP contribution in [0.5, 0.6) is 0 Å². The van der Waals surface area contributed by atoms with Gasteiger partial charge in [0.15, 0.2) is 0 Å². The monoisotopic (exact) mass is 279 g/mol. The van der Waals surface area contributed by atoms with Crippen LogP contribution in [0.25, 0.3) is 0 Å². The smallest absolute Gasteiger partial charge is 0.391 e. The quantitative estimate of drug-likeness (QED) is 0.829. The van der Waals surface area contributed by atoms with Gasteiger partial charge in [-0.3, -0.25) is 9.59 Å². The van der Waals surface area contributed by atoms with Crippen molar-refractivity contribution in [2.75, 3.05) is 0 Å². The van der Waals surface area contributed by atoms with Crippen LogP contribution in [-0.4, -0.2) is 29.2 Å². The number of carboxylic acid groups (broad SMARTS) is 1. The van der Waals surface area contributed by atoms with E-state index in [1.165, 1.54) is 0 Å². The zero-order chi connectivity index (χ0) is 14.2. The van der Waals surface area contributed by atoms with E-state index in [2.05, 4.69) is 5.32 Å². The van der Waals surface area contributed by atoms with Gasteiger partial charge in [0.2, 0.25) is 5.91 Å². The van der Waals surface area contributed by atoms with Crippen LogP contribution < -0.4 is 5.32 Å². The van der Waals surface area contributed by atoms with E-state index in [1.807, 2.05) is 0 Å². The average molecular weight is 279 g/mol. The Morgan fingerprint density at radius 1 is 1.05 bits per heavy atom. The molecule has 19 heavy (non-hydrogen) atoms. The van der Waals surface area contributed by atoms with Gasteiger partial charge in [-0.25, -0.2) is 0 Å². The van der Waals surface area contributed by atoms with E-state index < -0.39 is 29.9 Å². The van der Waals surface area contributed by atoms with Crippen LogP contribution in [0, 0.1) is 17.8 Å². The third kappa shape index (κ3) is 3.39. The van der Waals surface area contributed by atoms with E-state index >= 15 is 0 Å². The number of carbonyl (C=O) groups is 2. The Balaban J connectivity index is 1.75. The van der Waals surface area contributed by atoms with Crippen molar-refractivity contribution in [3.8, 4) is 0 Å². The van der Waals surface area contributed by atoms with Gasteiger partial charge in [-0.15, -0.1) is 0 Å². The highest BCUT2D eigenvalue weighted by Gasteiger charge is 2.49. The molecule has 0 spiro atoms. The number of amides is 1. The summed E-state index contributed by atoms with van der Waals surface area (Å²) in [6, 6.07) is -0.249. The van der Waals surface area contributed by atoms with Crippen molar-refractivity contribution in [3.05, 3.63) is 0 Å². The molecule has 0 aromatic heterocycles. The molecule has 0 unspecified atom stereocenters. The number of rotatable bonds is 3. The van der Waals surface area contributed by atoms with Crippen LogP contribution >= 0.6 is 0 Å². The second kappa shape index (κ2) is 5.02. The maximum Gasteiger partial charge on any atom is 0.391 e. The molecule has 0 aromatic rings. The second-order valence-electron chi connectivity index (χ2n) is 5.39. The van der Waals surface area contributed by atoms with Crippen molar-refractivity contribution in [3.63, 3.8) is 0 Å². The van der Waals surface area contributed by atoms with Crippen LogP contribution in [0.3, 0.4) is 0 Å². The van der Waals surface area contributed by atoms with Gasteiger partial charge in [0.25, 0.3) is 0 Å². The number of hydrogen-bond donors (Lipinski definition) is 2. The molecule has 2 fully saturated rings. The highest BCUT2D eigenvalue weighted by Crippen LogP contribution is 2.40. The van der Waals surface area contributed by atoms with Crippen molar-refractivity contribution in [1.29, 1.82) is 0 Å². The van der Waals surface area contributed by atoms with Crippen molar-refractivity contribution in [1.82, 2.24) is 5.32 Å². The molecular formula is C12H16F3NO3. The molecule has 0 saturated heterocycles. The van der Waals surface area contributed by atoms with Crippen molar-refractivity contribution >= 4 is 11.9 Å². The molecule has 1 amide bonds. The summed E-state index contributed by atoms with van der Waals surface area (Å²) in [6.07, 6.45) is -3.15. The van der Waals surface area contributed by atoms with Crippen LogP contribution in [0.15, 0.2) is 0 Å². The molecule has 7 heteroatoms. The molecule has 0 aromatic carbocycles. The maximum atomic E-state index is 12.5. The molecule has 2 aliphatic rings. The van der Waals surface area contributed by atoms with E-state index in [0.29, 0.717) is 19.3 Å². The van der Waals surface area contributed by atoms with Crippen LogP contribution in [0.2, 0.25) is 0 Å². The third-order valence-corrected chi connectivity index (χ3v) is 3.98. The lowest BCUT2D eigenvalue weighted by molar-refractivity contribution is -0.182. The molecule has 2 N–H and O–H groups in total. The molecule has 0 bridgehead atoms. The van der Waals surface area contributed by atoms with Gasteiger partial charge in [0.05, 0.1) is 17.8 Å². The van der Waals surface area contributed by atoms with Gasteiger partial charge < -0.3 is 10.4 Å². The van der Waals surface area contributed by atoms with E-state index in [4.69, 9.17) is 5.11 Å². The average Bonchev–Trinajstić information content (AvgIpc) is 3.08. The van der Waals surface area contributed by atoms with Crippen molar-refractivity contribution < 1.29 is 27.9 Å². The van der Waals surface area contributed by atoms with Gasteiger partial charge in [-0.1, -0.05) is 0 Å². The second-order valence-corrected chi connectivity index (χ2v) is 5.39. The molecule has 2 saturated carbocycles. The van der Waals surface area contributed by atoms with E-state index in [0.717, 1.165) is 0 Å². The summed E-state index contributed by atoms with van der Waals surface area (Å²) in [4.78, 5) is 22.3. The zero-order valence-corrected chi connectivity index (χ0v) is 10.2. The Labute approximate surface area is 108 Å². The number of halogens is 3. The summed E-state index contributed by atoms with van der Waals surface area (Å²) in [5.41, 5.74) is 0. The molecule has 0 heterocycles. The van der Waals surface area contributed by atoms with Crippen LogP contribution in [0.1, 0.15) is 32.1 Å². The number of carbonyl (C=O) groups excluding carboxylic acids is 1. The summed E-state index contributed by atoms with van der Waals surface area (Å²) in [5.74, 6) is -3.71. The standard InChI is InChI=1S/C12H16F3NO3/c13-12(14,15)6-1-3-7(4-2-6)16-10(17)8-5-9(8)11(18)19/h6-9H,1-5H2,(H,16,17)(H,18,19)/t6?,7?,8-,9+/m1/s1. The minimum absolute atomic E-state index is 0.0292. The first-order chi connectivity index (χ1) is 8.79. The molecule has 4 nitrogen and oxygen atoms in total. The first kappa shape index (κ1) is 14.1. The fourth-order valence-electron chi connectivity index (χ4n) is 2.63. The number of hydrogen-bond acceptors (Lipinski definition) is 2. The topological polar surface area (TPSA) is 66.4 Å². The molecular weight excluding hydrogens is 263 g/mol. The van der Waals surface area contributed by atoms with E-state index in [1.54, 1.807) is 0 Å². The molecule has 0 aliphatic heterocycles. The Morgan fingerprint density at radius 3 is 2.05 bits per heavy atom.